The Balaban J connectivity index is 1.79. The lowest BCUT2D eigenvalue weighted by atomic mass is 9.99. The highest BCUT2D eigenvalue weighted by molar-refractivity contribution is 5.37. The van der Waals surface area contributed by atoms with Crippen LogP contribution < -0.4 is 4.74 Å². The van der Waals surface area contributed by atoms with Crippen molar-refractivity contribution in [2.24, 2.45) is 0 Å². The first-order valence-electron chi connectivity index (χ1n) is 8.29. The molecule has 5 atom stereocenters. The lowest BCUT2D eigenvalue weighted by Crippen LogP contribution is -2.60. The van der Waals surface area contributed by atoms with Gasteiger partial charge in [0.15, 0.2) is 0 Å². The van der Waals surface area contributed by atoms with Gasteiger partial charge in [0.05, 0.1) is 6.61 Å². The largest absolute Gasteiger partial charge is 0.462 e. The fourth-order valence-corrected chi connectivity index (χ4v) is 2.92. The number of aliphatic hydroxyl groups excluding tert-OH is 4. The zero-order valence-electron chi connectivity index (χ0n) is 13.9. The summed E-state index contributed by atoms with van der Waals surface area (Å²) >= 11 is 0. The highest BCUT2D eigenvalue weighted by Crippen LogP contribution is 2.28. The molecule has 1 fully saturated rings. The topological polar surface area (TPSA) is 99.4 Å². The zero-order chi connectivity index (χ0) is 18.7. The quantitative estimate of drug-likeness (QED) is 0.620. The van der Waals surface area contributed by atoms with Gasteiger partial charge in [0.1, 0.15) is 36.0 Å². The predicted octanol–water partition coefficient (Wildman–Crippen LogP) is 0.595. The van der Waals surface area contributed by atoms with Gasteiger partial charge in [-0.3, -0.25) is 0 Å². The number of hydrogen-bond donors (Lipinski definition) is 4. The summed E-state index contributed by atoms with van der Waals surface area (Å²) in [5, 5.41) is 39.1. The van der Waals surface area contributed by atoms with E-state index in [1.165, 1.54) is 12.1 Å². The van der Waals surface area contributed by atoms with Gasteiger partial charge in [-0.2, -0.15) is 0 Å². The number of aliphatic hydroxyl groups is 4. The second kappa shape index (κ2) is 8.11. The van der Waals surface area contributed by atoms with E-state index in [1.54, 1.807) is 36.4 Å². The molecule has 0 amide bonds. The van der Waals surface area contributed by atoms with Crippen LogP contribution in [0.15, 0.2) is 48.5 Å². The third kappa shape index (κ3) is 4.03. The van der Waals surface area contributed by atoms with E-state index < -0.39 is 37.3 Å². The van der Waals surface area contributed by atoms with Crippen molar-refractivity contribution in [3.63, 3.8) is 0 Å². The van der Waals surface area contributed by atoms with Crippen molar-refractivity contribution in [3.8, 4) is 5.75 Å². The molecule has 0 bridgehead atoms. The van der Waals surface area contributed by atoms with E-state index in [4.69, 9.17) is 9.47 Å². The average molecular weight is 364 g/mol. The first-order chi connectivity index (χ1) is 12.5. The predicted molar refractivity (Wildman–Crippen MR) is 90.0 cm³/mol. The molecule has 0 radical (unpaired) electrons. The summed E-state index contributed by atoms with van der Waals surface area (Å²) in [4.78, 5) is 0. The summed E-state index contributed by atoms with van der Waals surface area (Å²) in [6.07, 6.45) is -6.37. The van der Waals surface area contributed by atoms with Crippen molar-refractivity contribution in [1.29, 1.82) is 0 Å². The Kier molecular flexibility index (Phi) is 5.85. The molecule has 26 heavy (non-hydrogen) atoms. The Morgan fingerprint density at radius 3 is 2.46 bits per heavy atom. The average Bonchev–Trinajstić information content (AvgIpc) is 2.63. The van der Waals surface area contributed by atoms with Crippen molar-refractivity contribution < 1.29 is 34.3 Å². The number of hydrogen-bond acceptors (Lipinski definition) is 6. The molecule has 0 spiro atoms. The van der Waals surface area contributed by atoms with E-state index in [9.17, 15) is 24.8 Å². The molecule has 0 unspecified atom stereocenters. The van der Waals surface area contributed by atoms with E-state index in [1.807, 2.05) is 0 Å². The fraction of sp³-hybridized carbons (Fsp3) is 0.368. The van der Waals surface area contributed by atoms with Crippen LogP contribution in [0, 0.1) is 5.82 Å². The minimum Gasteiger partial charge on any atom is -0.462 e. The Morgan fingerprint density at radius 2 is 1.73 bits per heavy atom. The van der Waals surface area contributed by atoms with E-state index >= 15 is 0 Å². The summed E-state index contributed by atoms with van der Waals surface area (Å²) < 4.78 is 24.5. The molecule has 140 valence electrons. The number of halogens is 1. The summed E-state index contributed by atoms with van der Waals surface area (Å²) in [7, 11) is 0. The third-order valence-corrected chi connectivity index (χ3v) is 4.35. The molecule has 0 aromatic heterocycles. The highest BCUT2D eigenvalue weighted by atomic mass is 19.1. The van der Waals surface area contributed by atoms with Crippen LogP contribution in [0.4, 0.5) is 4.39 Å². The van der Waals surface area contributed by atoms with Gasteiger partial charge in [-0.25, -0.2) is 4.39 Å². The molecular weight excluding hydrogens is 343 g/mol. The van der Waals surface area contributed by atoms with Crippen molar-refractivity contribution >= 4 is 0 Å². The van der Waals surface area contributed by atoms with Crippen LogP contribution in [0.3, 0.4) is 0 Å². The molecule has 7 heteroatoms. The second-order valence-corrected chi connectivity index (χ2v) is 6.23. The van der Waals surface area contributed by atoms with Crippen LogP contribution >= 0.6 is 0 Å². The lowest BCUT2D eigenvalue weighted by Gasteiger charge is -2.39. The van der Waals surface area contributed by atoms with Crippen LogP contribution in [0.25, 0.3) is 0 Å². The van der Waals surface area contributed by atoms with E-state index in [-0.39, 0.29) is 5.82 Å². The van der Waals surface area contributed by atoms with Crippen LogP contribution in [-0.2, 0) is 11.2 Å². The summed E-state index contributed by atoms with van der Waals surface area (Å²) in [6.45, 7) is -0.532. The van der Waals surface area contributed by atoms with Crippen LogP contribution in [0.5, 0.6) is 5.75 Å². The zero-order valence-corrected chi connectivity index (χ0v) is 13.9. The molecule has 1 heterocycles. The molecule has 1 aliphatic heterocycles. The van der Waals surface area contributed by atoms with E-state index in [0.717, 1.165) is 11.1 Å². The van der Waals surface area contributed by atoms with Gasteiger partial charge < -0.3 is 29.9 Å². The SMILES string of the molecule is OC[C@H]1O[C@@H](Oc2ccccc2Cc2cccc(F)c2)[C@H](O)[C@@H](O)[C@@H]1O. The molecule has 2 aromatic rings. The monoisotopic (exact) mass is 364 g/mol. The normalized spacial score (nSPS) is 28.7. The molecule has 4 N–H and O–H groups in total. The Labute approximate surface area is 150 Å². The summed E-state index contributed by atoms with van der Waals surface area (Å²) in [5.74, 6) is 0.0518. The first kappa shape index (κ1) is 18.8. The smallest absolute Gasteiger partial charge is 0.229 e. The molecular formula is C19H21FO6. The van der Waals surface area contributed by atoms with Crippen LogP contribution in [-0.4, -0.2) is 57.7 Å². The van der Waals surface area contributed by atoms with Gasteiger partial charge in [0.25, 0.3) is 0 Å². The van der Waals surface area contributed by atoms with Gasteiger partial charge in [-0.05, 0) is 29.3 Å². The standard InChI is InChI=1S/C19H21FO6/c20-13-6-3-4-11(9-13)8-12-5-1-2-7-14(12)25-19-18(24)17(23)16(22)15(10-21)26-19/h1-7,9,15-19,21-24H,8,10H2/t15-,16-,17+,18-,19-/m1/s1. The number of ether oxygens (including phenoxy) is 2. The Morgan fingerprint density at radius 1 is 0.962 bits per heavy atom. The highest BCUT2D eigenvalue weighted by Gasteiger charge is 2.44. The van der Waals surface area contributed by atoms with E-state index in [2.05, 4.69) is 0 Å². The van der Waals surface area contributed by atoms with Gasteiger partial charge in [-0.1, -0.05) is 30.3 Å². The molecule has 6 nitrogen and oxygen atoms in total. The molecule has 2 aromatic carbocycles. The molecule has 1 saturated heterocycles. The molecule has 0 saturated carbocycles. The maximum absolute atomic E-state index is 13.4. The minimum atomic E-state index is -1.51. The number of benzene rings is 2. The lowest BCUT2D eigenvalue weighted by molar-refractivity contribution is -0.277. The minimum absolute atomic E-state index is 0.338. The summed E-state index contributed by atoms with van der Waals surface area (Å²) in [5.41, 5.74) is 1.48. The number of rotatable bonds is 5. The Hall–Kier alpha value is -2.03. The van der Waals surface area contributed by atoms with Gasteiger partial charge in [-0.15, -0.1) is 0 Å². The Bertz CT molecular complexity index is 737. The maximum Gasteiger partial charge on any atom is 0.229 e. The van der Waals surface area contributed by atoms with Gasteiger partial charge >= 0.3 is 0 Å². The van der Waals surface area contributed by atoms with Crippen molar-refractivity contribution in [2.45, 2.75) is 37.1 Å². The first-order valence-corrected chi connectivity index (χ1v) is 8.29. The molecule has 3 rings (SSSR count). The van der Waals surface area contributed by atoms with Gasteiger partial charge in [0.2, 0.25) is 6.29 Å². The summed E-state index contributed by atoms with van der Waals surface area (Å²) in [6, 6.07) is 13.2. The van der Waals surface area contributed by atoms with Crippen molar-refractivity contribution in [3.05, 3.63) is 65.5 Å². The van der Waals surface area contributed by atoms with Crippen LogP contribution in [0.1, 0.15) is 11.1 Å². The number of para-hydroxylation sites is 1. The molecule has 1 aliphatic rings. The van der Waals surface area contributed by atoms with Crippen molar-refractivity contribution in [1.82, 2.24) is 0 Å². The van der Waals surface area contributed by atoms with E-state index in [0.29, 0.717) is 12.2 Å². The third-order valence-electron chi connectivity index (χ3n) is 4.35. The van der Waals surface area contributed by atoms with Crippen molar-refractivity contribution in [2.75, 3.05) is 6.61 Å². The second-order valence-electron chi connectivity index (χ2n) is 6.23. The fourth-order valence-electron chi connectivity index (χ4n) is 2.92. The van der Waals surface area contributed by atoms with Gasteiger partial charge in [0, 0.05) is 6.42 Å². The molecule has 0 aliphatic carbocycles. The van der Waals surface area contributed by atoms with Crippen LogP contribution in [0.2, 0.25) is 0 Å². The maximum atomic E-state index is 13.4.